The number of aromatic nitrogens is 1. The Hall–Kier alpha value is -1.00. The van der Waals surface area contributed by atoms with Crippen LogP contribution < -0.4 is 0 Å². The van der Waals surface area contributed by atoms with Crippen LogP contribution >= 0.6 is 0 Å². The number of ketones is 1. The van der Waals surface area contributed by atoms with Crippen molar-refractivity contribution in [2.45, 2.75) is 60.2 Å². The Morgan fingerprint density at radius 3 is 2.29 bits per heavy atom. The number of hydrogen-bond acceptors (Lipinski definition) is 3. The van der Waals surface area contributed by atoms with Gasteiger partial charge in [0.15, 0.2) is 14.8 Å². The van der Waals surface area contributed by atoms with Gasteiger partial charge >= 0.3 is 0 Å². The van der Waals surface area contributed by atoms with Gasteiger partial charge in [0.05, 0.1) is 6.10 Å². The van der Waals surface area contributed by atoms with Crippen molar-refractivity contribution >= 4 is 14.8 Å². The zero-order valence-corrected chi connectivity index (χ0v) is 15.6. The molecule has 1 heterocycles. The van der Waals surface area contributed by atoms with Gasteiger partial charge in [0.2, 0.25) is 0 Å². The summed E-state index contributed by atoms with van der Waals surface area (Å²) >= 11 is 0. The van der Waals surface area contributed by atoms with Gasteiger partial charge < -0.3 is 4.43 Å². The summed E-state index contributed by atoms with van der Waals surface area (Å²) in [4.78, 5) is 16.4. The lowest BCUT2D eigenvalue weighted by atomic mass is 9.85. The molecule has 1 unspecified atom stereocenters. The van der Waals surface area contributed by atoms with Crippen LogP contribution in [0, 0.1) is 11.3 Å². The van der Waals surface area contributed by atoms with Crippen LogP contribution in [0.1, 0.15) is 63.2 Å². The van der Waals surface area contributed by atoms with E-state index in [4.69, 9.17) is 4.43 Å². The van der Waals surface area contributed by atoms with Crippen molar-refractivity contribution in [3.05, 3.63) is 29.6 Å². The molecular formula is C17H29NO2Si. The number of Topliss-reactive ketones (excluding diaryl/α,β-unsaturated/α-hetero) is 1. The van der Waals surface area contributed by atoms with Crippen molar-refractivity contribution in [3.8, 4) is 0 Å². The predicted molar refractivity (Wildman–Crippen MR) is 90.2 cm³/mol. The van der Waals surface area contributed by atoms with Gasteiger partial charge in [-0.25, -0.2) is 0 Å². The van der Waals surface area contributed by atoms with Crippen molar-refractivity contribution < 1.29 is 9.22 Å². The van der Waals surface area contributed by atoms with Gasteiger partial charge in [-0.1, -0.05) is 40.7 Å². The van der Waals surface area contributed by atoms with Gasteiger partial charge in [0.1, 0.15) is 5.69 Å². The number of hydrogen-bond donors (Lipinski definition) is 0. The fourth-order valence-electron chi connectivity index (χ4n) is 2.26. The lowest BCUT2D eigenvalue weighted by molar-refractivity contribution is 0.0861. The number of carbonyl (C=O) groups is 1. The Kier molecular flexibility index (Phi) is 6.29. The number of pyridine rings is 1. The van der Waals surface area contributed by atoms with Crippen molar-refractivity contribution in [2.24, 2.45) is 11.3 Å². The van der Waals surface area contributed by atoms with Gasteiger partial charge in [-0.3, -0.25) is 9.78 Å². The molecule has 0 spiro atoms. The molecule has 0 aliphatic heterocycles. The Morgan fingerprint density at radius 2 is 1.90 bits per heavy atom. The first-order valence-corrected chi connectivity index (χ1v) is 10.5. The SMILES string of the molecule is CC(C)CC(=O)c1ccc(C(O[SiH](C)C)C(C)(C)C)cn1. The molecule has 1 atom stereocenters. The summed E-state index contributed by atoms with van der Waals surface area (Å²) in [6, 6.07) is 3.83. The maximum absolute atomic E-state index is 12.0. The largest absolute Gasteiger partial charge is 0.413 e. The average Bonchev–Trinajstić information content (AvgIpc) is 2.34. The van der Waals surface area contributed by atoms with Crippen molar-refractivity contribution in [1.29, 1.82) is 0 Å². The van der Waals surface area contributed by atoms with E-state index in [0.717, 1.165) is 5.56 Å². The van der Waals surface area contributed by atoms with Crippen LogP contribution in [0.15, 0.2) is 18.3 Å². The fraction of sp³-hybridized carbons (Fsp3) is 0.647. The first kappa shape index (κ1) is 18.0. The zero-order valence-electron chi connectivity index (χ0n) is 14.4. The molecule has 0 aliphatic rings. The molecule has 4 heteroatoms. The number of carbonyl (C=O) groups excluding carboxylic acids is 1. The minimum absolute atomic E-state index is 0.0163. The van der Waals surface area contributed by atoms with Gasteiger partial charge in [0, 0.05) is 12.6 Å². The quantitative estimate of drug-likeness (QED) is 0.577. The molecule has 1 aromatic rings. The summed E-state index contributed by atoms with van der Waals surface area (Å²) < 4.78 is 6.18. The molecule has 0 fully saturated rings. The van der Waals surface area contributed by atoms with E-state index in [2.05, 4.69) is 38.8 Å². The second-order valence-electron chi connectivity index (χ2n) is 7.43. The third-order valence-electron chi connectivity index (χ3n) is 3.16. The monoisotopic (exact) mass is 307 g/mol. The minimum Gasteiger partial charge on any atom is -0.413 e. The van der Waals surface area contributed by atoms with E-state index in [1.807, 2.05) is 26.0 Å². The van der Waals surface area contributed by atoms with Crippen LogP contribution in [-0.4, -0.2) is 19.8 Å². The molecule has 0 aromatic carbocycles. The molecule has 0 saturated carbocycles. The Balaban J connectivity index is 2.95. The first-order valence-electron chi connectivity index (χ1n) is 7.76. The highest BCUT2D eigenvalue weighted by Gasteiger charge is 2.28. The number of rotatable bonds is 6. The summed E-state index contributed by atoms with van der Waals surface area (Å²) in [6.45, 7) is 15.0. The molecule has 0 amide bonds. The van der Waals surface area contributed by atoms with Crippen LogP contribution in [0.2, 0.25) is 13.1 Å². The second kappa shape index (κ2) is 7.32. The highest BCUT2D eigenvalue weighted by atomic mass is 28.3. The third kappa shape index (κ3) is 5.71. The Morgan fingerprint density at radius 1 is 1.29 bits per heavy atom. The zero-order chi connectivity index (χ0) is 16.2. The average molecular weight is 308 g/mol. The van der Waals surface area contributed by atoms with E-state index < -0.39 is 9.04 Å². The summed E-state index contributed by atoms with van der Waals surface area (Å²) in [7, 11) is -1.14. The predicted octanol–water partition coefficient (Wildman–Crippen LogP) is 4.40. The van der Waals surface area contributed by atoms with Gasteiger partial charge in [-0.15, -0.1) is 0 Å². The van der Waals surface area contributed by atoms with E-state index in [1.165, 1.54) is 0 Å². The molecular weight excluding hydrogens is 278 g/mol. The van der Waals surface area contributed by atoms with Crippen LogP contribution in [-0.2, 0) is 4.43 Å². The van der Waals surface area contributed by atoms with Crippen molar-refractivity contribution in [2.75, 3.05) is 0 Å². The highest BCUT2D eigenvalue weighted by molar-refractivity contribution is 6.48. The number of nitrogens with zero attached hydrogens (tertiary/aromatic N) is 1. The molecule has 1 rings (SSSR count). The maximum atomic E-state index is 12.0. The molecule has 1 aromatic heterocycles. The van der Waals surface area contributed by atoms with E-state index in [-0.39, 0.29) is 17.3 Å². The summed E-state index contributed by atoms with van der Waals surface area (Å²) in [5.41, 5.74) is 1.63. The molecule has 0 saturated heterocycles. The maximum Gasteiger partial charge on any atom is 0.181 e. The lowest BCUT2D eigenvalue weighted by Crippen LogP contribution is -2.26. The molecule has 3 nitrogen and oxygen atoms in total. The van der Waals surface area contributed by atoms with Crippen LogP contribution in [0.5, 0.6) is 0 Å². The topological polar surface area (TPSA) is 39.2 Å². The van der Waals surface area contributed by atoms with Gasteiger partial charge in [-0.05, 0) is 36.1 Å². The highest BCUT2D eigenvalue weighted by Crippen LogP contribution is 2.36. The molecule has 21 heavy (non-hydrogen) atoms. The van der Waals surface area contributed by atoms with Gasteiger partial charge in [0.25, 0.3) is 0 Å². The van der Waals surface area contributed by atoms with Crippen molar-refractivity contribution in [3.63, 3.8) is 0 Å². The lowest BCUT2D eigenvalue weighted by Gasteiger charge is -2.32. The van der Waals surface area contributed by atoms with Crippen LogP contribution in [0.4, 0.5) is 0 Å². The first-order chi connectivity index (χ1) is 9.61. The van der Waals surface area contributed by atoms with Crippen LogP contribution in [0.3, 0.4) is 0 Å². The molecule has 0 N–H and O–H groups in total. The molecule has 0 radical (unpaired) electrons. The summed E-state index contributed by atoms with van der Waals surface area (Å²) in [6.07, 6.45) is 2.39. The minimum atomic E-state index is -1.14. The van der Waals surface area contributed by atoms with E-state index in [0.29, 0.717) is 18.0 Å². The van der Waals surface area contributed by atoms with E-state index in [1.54, 1.807) is 6.20 Å². The smallest absolute Gasteiger partial charge is 0.181 e. The van der Waals surface area contributed by atoms with Crippen molar-refractivity contribution in [1.82, 2.24) is 4.98 Å². The molecule has 0 aliphatic carbocycles. The standard InChI is InChI=1S/C17H29NO2Si/c1-12(2)10-15(19)14-9-8-13(11-18-14)16(17(3,4)5)20-21(6)7/h8-9,11-12,16,21H,10H2,1-7H3. The van der Waals surface area contributed by atoms with E-state index in [9.17, 15) is 4.79 Å². The Bertz CT molecular complexity index is 461. The molecule has 0 bridgehead atoms. The van der Waals surface area contributed by atoms with Gasteiger partial charge in [-0.2, -0.15) is 0 Å². The second-order valence-corrected chi connectivity index (χ2v) is 9.80. The third-order valence-corrected chi connectivity index (χ3v) is 3.98. The normalized spacial score (nSPS) is 13.8. The summed E-state index contributed by atoms with van der Waals surface area (Å²) in [5, 5.41) is 0. The van der Waals surface area contributed by atoms with Crippen LogP contribution in [0.25, 0.3) is 0 Å². The fourth-order valence-corrected chi connectivity index (χ4v) is 3.37. The Labute approximate surface area is 130 Å². The summed E-state index contributed by atoms with van der Waals surface area (Å²) in [5.74, 6) is 0.472. The molecule has 118 valence electrons. The van der Waals surface area contributed by atoms with E-state index >= 15 is 0 Å².